The van der Waals surface area contributed by atoms with E-state index in [-0.39, 0.29) is 49.6 Å². The monoisotopic (exact) mass is 232 g/mol. The zero-order valence-electron chi connectivity index (χ0n) is 6.07. The van der Waals surface area contributed by atoms with Gasteiger partial charge in [-0.25, -0.2) is 5.26 Å². The van der Waals surface area contributed by atoms with Crippen LogP contribution in [0.25, 0.3) is 0 Å². The summed E-state index contributed by atoms with van der Waals surface area (Å²) in [5.74, 6) is -0.178. The first-order valence-electron chi connectivity index (χ1n) is 2.83. The Hall–Kier alpha value is -0.896. The summed E-state index contributed by atoms with van der Waals surface area (Å²) in [5, 5.41) is 25.9. The van der Waals surface area contributed by atoms with Crippen molar-refractivity contribution in [1.29, 1.82) is 10.5 Å². The van der Waals surface area contributed by atoms with Crippen molar-refractivity contribution in [2.45, 2.75) is 0 Å². The van der Waals surface area contributed by atoms with Gasteiger partial charge in [0.05, 0.1) is 11.8 Å². The fraction of sp³-hybridized carbons (Fsp3) is 0. The van der Waals surface area contributed by atoms with Crippen molar-refractivity contribution in [3.8, 4) is 17.9 Å². The summed E-state index contributed by atoms with van der Waals surface area (Å²) in [5.41, 5.74) is 0.0579. The average molecular weight is 232 g/mol. The minimum absolute atomic E-state index is 0. The van der Waals surface area contributed by atoms with Crippen molar-refractivity contribution >= 4 is 0 Å². The second-order valence-corrected chi connectivity index (χ2v) is 1.84. The second-order valence-electron chi connectivity index (χ2n) is 1.84. The van der Waals surface area contributed by atoms with E-state index in [0.29, 0.717) is 0 Å². The topological polar surface area (TPSA) is 67.8 Å². The summed E-state index contributed by atoms with van der Waals surface area (Å²) in [6.07, 6.45) is 0. The van der Waals surface area contributed by atoms with Crippen LogP contribution in [0.15, 0.2) is 12.1 Å². The quantitative estimate of drug-likeness (QED) is 0.676. The van der Waals surface area contributed by atoms with Gasteiger partial charge in [-0.05, 0) is 6.07 Å². The third-order valence-corrected chi connectivity index (χ3v) is 1.20. The standard InChI is InChI=1S/C8H3N2O.Y/c9-4-6-2-1-3-8(11)7(6)5-10;/h1,3,11H;/q-1;. The zero-order valence-corrected chi connectivity index (χ0v) is 8.91. The van der Waals surface area contributed by atoms with E-state index in [9.17, 15) is 0 Å². The first-order chi connectivity index (χ1) is 5.29. The van der Waals surface area contributed by atoms with Gasteiger partial charge in [-0.15, -0.1) is 12.1 Å². The van der Waals surface area contributed by atoms with Gasteiger partial charge in [0.2, 0.25) is 0 Å². The molecule has 0 aliphatic heterocycles. The van der Waals surface area contributed by atoms with Crippen LogP contribution in [0.4, 0.5) is 0 Å². The fourth-order valence-electron chi connectivity index (χ4n) is 0.689. The van der Waals surface area contributed by atoms with E-state index in [4.69, 9.17) is 15.6 Å². The molecule has 0 saturated heterocycles. The third-order valence-electron chi connectivity index (χ3n) is 1.20. The summed E-state index contributed by atoms with van der Waals surface area (Å²) in [7, 11) is 0. The number of aromatic hydroxyl groups is 1. The predicted molar refractivity (Wildman–Crippen MR) is 36.4 cm³/mol. The molecule has 0 aliphatic carbocycles. The number of phenols is 1. The number of hydrogen-bond acceptors (Lipinski definition) is 3. The molecule has 0 amide bonds. The molecule has 0 aliphatic rings. The predicted octanol–water partition coefficient (Wildman–Crippen LogP) is 0.933. The third kappa shape index (κ3) is 2.04. The molecule has 0 heterocycles. The molecule has 0 unspecified atom stereocenters. The van der Waals surface area contributed by atoms with Crippen molar-refractivity contribution in [3.63, 3.8) is 0 Å². The van der Waals surface area contributed by atoms with E-state index in [0.717, 1.165) is 0 Å². The Morgan fingerprint density at radius 2 is 2.00 bits per heavy atom. The molecule has 55 valence electrons. The molecule has 12 heavy (non-hydrogen) atoms. The number of rotatable bonds is 0. The van der Waals surface area contributed by atoms with Gasteiger partial charge in [-0.2, -0.15) is 0 Å². The van der Waals surface area contributed by atoms with Crippen LogP contribution >= 0.6 is 0 Å². The second kappa shape index (κ2) is 4.88. The maximum Gasteiger partial charge on any atom is 0.0527 e. The minimum atomic E-state index is -0.178. The van der Waals surface area contributed by atoms with Gasteiger partial charge in [0, 0.05) is 38.3 Å². The fourth-order valence-corrected chi connectivity index (χ4v) is 0.689. The van der Waals surface area contributed by atoms with E-state index in [1.165, 1.54) is 12.1 Å². The molecule has 3 nitrogen and oxygen atoms in total. The van der Waals surface area contributed by atoms with Crippen LogP contribution in [0.5, 0.6) is 5.75 Å². The first-order valence-corrected chi connectivity index (χ1v) is 2.83. The molecule has 1 aromatic carbocycles. The van der Waals surface area contributed by atoms with Crippen LogP contribution < -0.4 is 0 Å². The molecule has 0 fully saturated rings. The largest absolute Gasteiger partial charge is 0.526 e. The first kappa shape index (κ1) is 11.1. The SMILES string of the molecule is N#Cc1[c-]ccc(O)c1C#N.[Y]. The van der Waals surface area contributed by atoms with Crippen LogP contribution in [0, 0.1) is 28.7 Å². The Balaban J connectivity index is 0.00000121. The van der Waals surface area contributed by atoms with Gasteiger partial charge in [-0.1, -0.05) is 11.6 Å². The number of nitrogens with zero attached hydrogens (tertiary/aromatic N) is 2. The van der Waals surface area contributed by atoms with E-state index in [1.807, 2.05) is 0 Å². The molecule has 0 atom stereocenters. The Bertz CT molecular complexity index is 362. The number of hydrogen-bond donors (Lipinski definition) is 1. The van der Waals surface area contributed by atoms with Crippen LogP contribution in [0.2, 0.25) is 0 Å². The molecular formula is C8H3N2OY-. The van der Waals surface area contributed by atoms with Gasteiger partial charge < -0.3 is 5.11 Å². The summed E-state index contributed by atoms with van der Waals surface area (Å²) in [6.45, 7) is 0. The smallest absolute Gasteiger partial charge is 0.0527 e. The van der Waals surface area contributed by atoms with Gasteiger partial charge in [0.15, 0.2) is 0 Å². The molecule has 1 radical (unpaired) electrons. The summed E-state index contributed by atoms with van der Waals surface area (Å²) >= 11 is 0. The van der Waals surface area contributed by atoms with Gasteiger partial charge in [0.1, 0.15) is 0 Å². The zero-order chi connectivity index (χ0) is 8.27. The Kier molecular flexibility index (Phi) is 4.51. The molecule has 0 bridgehead atoms. The summed E-state index contributed by atoms with van der Waals surface area (Å²) in [4.78, 5) is 0. The minimum Gasteiger partial charge on any atom is -0.526 e. The Morgan fingerprint density at radius 3 is 2.42 bits per heavy atom. The van der Waals surface area contributed by atoms with Crippen molar-refractivity contribution in [3.05, 3.63) is 29.3 Å². The molecular weight excluding hydrogens is 229 g/mol. The molecule has 0 saturated carbocycles. The normalized spacial score (nSPS) is 7.50. The van der Waals surface area contributed by atoms with Crippen molar-refractivity contribution in [2.24, 2.45) is 0 Å². The van der Waals surface area contributed by atoms with E-state index < -0.39 is 0 Å². The van der Waals surface area contributed by atoms with Crippen LogP contribution in [-0.4, -0.2) is 5.11 Å². The summed E-state index contributed by atoms with van der Waals surface area (Å²) < 4.78 is 0. The molecule has 4 heteroatoms. The van der Waals surface area contributed by atoms with Gasteiger partial charge in [0.25, 0.3) is 0 Å². The van der Waals surface area contributed by atoms with E-state index in [1.54, 1.807) is 12.1 Å². The molecule has 1 N–H and O–H groups in total. The van der Waals surface area contributed by atoms with Crippen LogP contribution in [-0.2, 0) is 32.7 Å². The van der Waals surface area contributed by atoms with Crippen molar-refractivity contribution in [1.82, 2.24) is 0 Å². The average Bonchev–Trinajstić information content (AvgIpc) is 2.04. The van der Waals surface area contributed by atoms with Gasteiger partial charge >= 0.3 is 0 Å². The number of nitriles is 2. The van der Waals surface area contributed by atoms with Crippen molar-refractivity contribution in [2.75, 3.05) is 0 Å². The number of phenolic OH excluding ortho intramolecular Hbond substituents is 1. The van der Waals surface area contributed by atoms with E-state index >= 15 is 0 Å². The van der Waals surface area contributed by atoms with Crippen LogP contribution in [0.1, 0.15) is 11.1 Å². The summed E-state index contributed by atoms with van der Waals surface area (Å²) in [6, 6.07) is 8.71. The van der Waals surface area contributed by atoms with Crippen molar-refractivity contribution < 1.29 is 37.8 Å². The maximum absolute atomic E-state index is 9.03. The maximum atomic E-state index is 9.03. The Morgan fingerprint density at radius 1 is 1.33 bits per heavy atom. The van der Waals surface area contributed by atoms with Gasteiger partial charge in [-0.3, -0.25) is 5.26 Å². The van der Waals surface area contributed by atoms with E-state index in [2.05, 4.69) is 6.07 Å². The Labute approximate surface area is 95.1 Å². The molecule has 1 rings (SSSR count). The molecule has 0 aromatic heterocycles. The molecule has 1 aromatic rings. The number of benzene rings is 1. The molecule has 0 spiro atoms. The van der Waals surface area contributed by atoms with Crippen LogP contribution in [0.3, 0.4) is 0 Å².